The molecule has 0 bridgehead atoms. The number of aliphatic imine (C=N–C) groups is 1. The van der Waals surface area contributed by atoms with Crippen molar-refractivity contribution in [3.05, 3.63) is 53.1 Å². The number of amidine groups is 1. The number of aliphatic hydroxyl groups is 1. The number of rotatable bonds is 20. The van der Waals surface area contributed by atoms with Crippen LogP contribution in [0.15, 0.2) is 51.9 Å². The fourth-order valence-corrected chi connectivity index (χ4v) is 9.02. The van der Waals surface area contributed by atoms with Gasteiger partial charge >= 0.3 is 0 Å². The number of carbonyl (C=O) groups excluding carboxylic acids is 2. The third-order valence-electron chi connectivity index (χ3n) is 10.9. The molecule has 1 saturated heterocycles. The fourth-order valence-electron chi connectivity index (χ4n) is 7.19. The summed E-state index contributed by atoms with van der Waals surface area (Å²) in [5.41, 5.74) is 9.58. The first-order chi connectivity index (χ1) is 26.6. The molecule has 11 nitrogen and oxygen atoms in total. The van der Waals surface area contributed by atoms with Crippen molar-refractivity contribution in [2.75, 3.05) is 53.0 Å². The second-order valence-electron chi connectivity index (χ2n) is 18.6. The van der Waals surface area contributed by atoms with Crippen LogP contribution in [0.2, 0.25) is 0 Å². The lowest BCUT2D eigenvalue weighted by molar-refractivity contribution is -0.131. The standard InChI is InChI=1S/C45H69N5O6S/c1-11-19-49(20-12-2)42(53)37-23-35-15-13-33(24-38(35)47-41(46)26-37)34-14-16-36(39(25-34)57(54,55)50-28-32(29-50)31-51)30-48(10)21-17-45(8,9)56-22-18-44(6,7)40(52)27-43(3,4)5/h13-16,23-25,32,51H,11-12,17-22,26-31H2,1-10H3,(H2,46,47). The summed E-state index contributed by atoms with van der Waals surface area (Å²) in [5.74, 6) is 0.490. The van der Waals surface area contributed by atoms with E-state index < -0.39 is 21.0 Å². The number of amides is 1. The van der Waals surface area contributed by atoms with Crippen LogP contribution in [0.4, 0.5) is 5.69 Å². The molecule has 2 aromatic carbocycles. The van der Waals surface area contributed by atoms with Crippen LogP contribution >= 0.6 is 0 Å². The van der Waals surface area contributed by atoms with Crippen LogP contribution in [-0.2, 0) is 30.9 Å². The Morgan fingerprint density at radius 2 is 1.58 bits per heavy atom. The molecule has 2 heterocycles. The molecule has 4 rings (SSSR count). The number of carbonyl (C=O) groups is 2. The quantitative estimate of drug-likeness (QED) is 0.141. The lowest BCUT2D eigenvalue weighted by atomic mass is 9.77. The fraction of sp³-hybridized carbons (Fsp3) is 0.622. The average Bonchev–Trinajstić information content (AvgIpc) is 3.26. The summed E-state index contributed by atoms with van der Waals surface area (Å²) in [7, 11) is -1.89. The summed E-state index contributed by atoms with van der Waals surface area (Å²) in [6.07, 6.45) is 5.74. The number of hydrogen-bond donors (Lipinski definition) is 2. The lowest BCUT2D eigenvalue weighted by Gasteiger charge is -2.37. The van der Waals surface area contributed by atoms with Crippen molar-refractivity contribution in [2.24, 2.45) is 27.5 Å². The predicted molar refractivity (Wildman–Crippen MR) is 231 cm³/mol. The van der Waals surface area contributed by atoms with Gasteiger partial charge in [0.2, 0.25) is 15.9 Å². The van der Waals surface area contributed by atoms with Crippen LogP contribution in [0.3, 0.4) is 0 Å². The van der Waals surface area contributed by atoms with Crippen molar-refractivity contribution in [3.8, 4) is 11.1 Å². The van der Waals surface area contributed by atoms with Gasteiger partial charge in [-0.25, -0.2) is 13.4 Å². The number of benzene rings is 2. The van der Waals surface area contributed by atoms with Crippen molar-refractivity contribution in [1.82, 2.24) is 14.1 Å². The number of sulfonamides is 1. The summed E-state index contributed by atoms with van der Waals surface area (Å²) in [5, 5.41) is 9.65. The smallest absolute Gasteiger partial charge is 0.250 e. The van der Waals surface area contributed by atoms with E-state index in [1.807, 2.05) is 62.2 Å². The topological polar surface area (TPSA) is 146 Å². The van der Waals surface area contributed by atoms with Crippen molar-refractivity contribution in [3.63, 3.8) is 0 Å². The Labute approximate surface area is 342 Å². The number of ether oxygens (including phenoxy) is 1. The summed E-state index contributed by atoms with van der Waals surface area (Å²) < 4.78 is 36.1. The summed E-state index contributed by atoms with van der Waals surface area (Å²) in [4.78, 5) is 35.4. The number of nitrogens with zero attached hydrogens (tertiary/aromatic N) is 4. The van der Waals surface area contributed by atoms with E-state index >= 15 is 0 Å². The summed E-state index contributed by atoms with van der Waals surface area (Å²) in [6.45, 7) is 21.8. The molecule has 2 aliphatic rings. The zero-order valence-electron chi connectivity index (χ0n) is 36.3. The summed E-state index contributed by atoms with van der Waals surface area (Å²) >= 11 is 0. The van der Waals surface area contributed by atoms with E-state index in [-0.39, 0.29) is 54.0 Å². The van der Waals surface area contributed by atoms with Gasteiger partial charge in [-0.3, -0.25) is 9.59 Å². The van der Waals surface area contributed by atoms with E-state index in [9.17, 15) is 23.1 Å². The number of aliphatic hydroxyl groups excluding tert-OH is 1. The van der Waals surface area contributed by atoms with Gasteiger partial charge in [-0.1, -0.05) is 72.7 Å². The van der Waals surface area contributed by atoms with E-state index in [1.54, 1.807) is 6.07 Å². The highest BCUT2D eigenvalue weighted by atomic mass is 32.2. The van der Waals surface area contributed by atoms with E-state index in [0.29, 0.717) is 74.7 Å². The van der Waals surface area contributed by atoms with Gasteiger partial charge in [-0.2, -0.15) is 4.31 Å². The molecule has 1 fully saturated rings. The predicted octanol–water partition coefficient (Wildman–Crippen LogP) is 7.43. The first-order valence-electron chi connectivity index (χ1n) is 20.7. The van der Waals surface area contributed by atoms with Crippen LogP contribution < -0.4 is 5.73 Å². The number of Topliss-reactive ketones (excluding diaryl/α,β-unsaturated/α-hetero) is 1. The molecular formula is C45H69N5O6S. The Morgan fingerprint density at radius 3 is 2.19 bits per heavy atom. The van der Waals surface area contributed by atoms with E-state index in [1.165, 1.54) is 4.31 Å². The Kier molecular flexibility index (Phi) is 15.5. The lowest BCUT2D eigenvalue weighted by Crippen LogP contribution is -2.51. The molecule has 0 aliphatic carbocycles. The molecule has 2 aromatic rings. The number of fused-ring (bicyclic) bond motifs is 1. The van der Waals surface area contributed by atoms with E-state index in [2.05, 4.69) is 58.4 Å². The molecule has 12 heteroatoms. The zero-order valence-corrected chi connectivity index (χ0v) is 37.1. The minimum Gasteiger partial charge on any atom is -0.396 e. The molecule has 0 saturated carbocycles. The highest BCUT2D eigenvalue weighted by Crippen LogP contribution is 2.36. The highest BCUT2D eigenvalue weighted by molar-refractivity contribution is 7.89. The minimum absolute atomic E-state index is 0.0292. The largest absolute Gasteiger partial charge is 0.396 e. The van der Waals surface area contributed by atoms with Gasteiger partial charge in [-0.15, -0.1) is 0 Å². The van der Waals surface area contributed by atoms with Crippen molar-refractivity contribution in [1.29, 1.82) is 0 Å². The minimum atomic E-state index is -3.86. The SMILES string of the molecule is CCCN(CCC)C(=O)C1=Cc2ccc(-c3ccc(CN(C)CCC(C)(C)OCCC(C)(C)C(=O)CC(C)(C)C)c(S(=O)(=O)N4CC(CO)C4)c3)cc2N=C(N)C1. The number of ketones is 1. The molecule has 57 heavy (non-hydrogen) atoms. The monoisotopic (exact) mass is 807 g/mol. The van der Waals surface area contributed by atoms with Crippen LogP contribution in [0.1, 0.15) is 112 Å². The molecular weight excluding hydrogens is 739 g/mol. The maximum absolute atomic E-state index is 14.2. The normalized spacial score (nSPS) is 15.8. The second kappa shape index (κ2) is 19.1. The van der Waals surface area contributed by atoms with Gasteiger partial charge in [0.1, 0.15) is 11.6 Å². The third kappa shape index (κ3) is 12.5. The van der Waals surface area contributed by atoms with Gasteiger partial charge in [-0.05, 0) is 86.9 Å². The van der Waals surface area contributed by atoms with Crippen molar-refractivity contribution >= 4 is 39.3 Å². The van der Waals surface area contributed by atoms with Gasteiger partial charge in [0.05, 0.1) is 16.2 Å². The molecule has 316 valence electrons. The second-order valence-corrected chi connectivity index (χ2v) is 20.5. The molecule has 0 aromatic heterocycles. The third-order valence-corrected chi connectivity index (χ3v) is 12.9. The number of nitrogens with two attached hydrogens (primary N) is 1. The Morgan fingerprint density at radius 1 is 0.947 bits per heavy atom. The van der Waals surface area contributed by atoms with E-state index in [4.69, 9.17) is 10.5 Å². The zero-order chi connectivity index (χ0) is 42.3. The summed E-state index contributed by atoms with van der Waals surface area (Å²) in [6, 6.07) is 11.3. The van der Waals surface area contributed by atoms with Gasteiger partial charge in [0.15, 0.2) is 0 Å². The Balaban J connectivity index is 1.54. The highest BCUT2D eigenvalue weighted by Gasteiger charge is 2.38. The first-order valence-corrected chi connectivity index (χ1v) is 22.1. The molecule has 0 spiro atoms. The maximum Gasteiger partial charge on any atom is 0.250 e. The van der Waals surface area contributed by atoms with Gasteiger partial charge in [0.25, 0.3) is 0 Å². The molecule has 0 unspecified atom stereocenters. The first kappa shape index (κ1) is 46.3. The Hall–Kier alpha value is -3.42. The van der Waals surface area contributed by atoms with Crippen LogP contribution in [-0.4, -0.2) is 104 Å². The van der Waals surface area contributed by atoms with Crippen LogP contribution in [0.5, 0.6) is 0 Å². The molecule has 3 N–H and O–H groups in total. The molecule has 1 amide bonds. The maximum atomic E-state index is 14.2. The van der Waals surface area contributed by atoms with Crippen LogP contribution in [0, 0.1) is 16.7 Å². The number of hydrogen-bond acceptors (Lipinski definition) is 9. The van der Waals surface area contributed by atoms with Gasteiger partial charge < -0.3 is 25.4 Å². The Bertz CT molecular complexity index is 1900. The average molecular weight is 808 g/mol. The molecule has 0 radical (unpaired) electrons. The van der Waals surface area contributed by atoms with Gasteiger partial charge in [0, 0.05) is 87.8 Å². The van der Waals surface area contributed by atoms with E-state index in [0.717, 1.165) is 29.5 Å². The molecule has 0 atom stereocenters. The molecule has 2 aliphatic heterocycles. The van der Waals surface area contributed by atoms with Crippen molar-refractivity contribution in [2.45, 2.75) is 118 Å². The van der Waals surface area contributed by atoms with Crippen LogP contribution in [0.25, 0.3) is 17.2 Å². The van der Waals surface area contributed by atoms with Crippen molar-refractivity contribution < 1.29 is 27.9 Å².